The Morgan fingerprint density at radius 3 is 2.05 bits per heavy atom. The van der Waals surface area contributed by atoms with E-state index in [1.165, 1.54) is 12.7 Å². The van der Waals surface area contributed by atoms with Crippen LogP contribution >= 0.6 is 23.2 Å². The Hall–Kier alpha value is -1.99. The van der Waals surface area contributed by atoms with Crippen LogP contribution in [0.1, 0.15) is 5.69 Å². The van der Waals surface area contributed by atoms with Gasteiger partial charge in [-0.05, 0) is 12.1 Å². The van der Waals surface area contributed by atoms with E-state index < -0.39 is 4.87 Å². The number of hydrogen-bond donors (Lipinski definition) is 0. The molecule has 0 aromatic carbocycles. The predicted octanol–water partition coefficient (Wildman–Crippen LogP) is 1.75. The first kappa shape index (κ1) is 14.0. The van der Waals surface area contributed by atoms with Crippen LogP contribution in [-0.2, 0) is 18.0 Å². The van der Waals surface area contributed by atoms with Gasteiger partial charge in [0, 0.05) is 6.20 Å². The van der Waals surface area contributed by atoms with Crippen molar-refractivity contribution in [3.63, 3.8) is 0 Å². The molecule has 0 amide bonds. The first-order valence-electron chi connectivity index (χ1n) is 6.11. The first-order valence-corrected chi connectivity index (χ1v) is 6.87. The predicted molar refractivity (Wildman–Crippen MR) is 76.8 cm³/mol. The lowest BCUT2D eigenvalue weighted by molar-refractivity contribution is 0.384. The van der Waals surface area contributed by atoms with Crippen molar-refractivity contribution in [2.24, 2.45) is 0 Å². The van der Waals surface area contributed by atoms with Gasteiger partial charge in [-0.2, -0.15) is 10.2 Å². The Balaban J connectivity index is 1.94. The summed E-state index contributed by atoms with van der Waals surface area (Å²) in [6.07, 6.45) is 7.70. The second-order valence-electron chi connectivity index (χ2n) is 4.51. The number of nitrogens with zero attached hydrogens (tertiary/aromatic N) is 7. The van der Waals surface area contributed by atoms with E-state index in [2.05, 4.69) is 25.1 Å². The van der Waals surface area contributed by atoms with E-state index >= 15 is 0 Å². The van der Waals surface area contributed by atoms with Crippen molar-refractivity contribution in [3.8, 4) is 0 Å². The molecular weight excluding hydrogens is 313 g/mol. The van der Waals surface area contributed by atoms with Crippen LogP contribution in [0.25, 0.3) is 0 Å². The number of pyridine rings is 1. The molecule has 0 spiro atoms. The smallest absolute Gasteiger partial charge is 0.137 e. The molecule has 0 aliphatic heterocycles. The van der Waals surface area contributed by atoms with Crippen molar-refractivity contribution >= 4 is 23.2 Å². The minimum absolute atomic E-state index is 0.392. The number of hydrogen-bond acceptors (Lipinski definition) is 5. The second-order valence-corrected chi connectivity index (χ2v) is 5.67. The van der Waals surface area contributed by atoms with Gasteiger partial charge in [0.25, 0.3) is 0 Å². The van der Waals surface area contributed by atoms with Crippen molar-refractivity contribution in [2.75, 3.05) is 0 Å². The zero-order valence-corrected chi connectivity index (χ0v) is 12.4. The largest absolute Gasteiger partial charge is 0.258 e. The maximum atomic E-state index is 6.82. The lowest BCUT2D eigenvalue weighted by Crippen LogP contribution is -2.32. The molecule has 3 aromatic rings. The van der Waals surface area contributed by atoms with Gasteiger partial charge in [0.05, 0.1) is 23.8 Å². The Kier molecular flexibility index (Phi) is 3.85. The molecule has 0 unspecified atom stereocenters. The average molecular weight is 324 g/mol. The quantitative estimate of drug-likeness (QED) is 0.669. The number of alkyl halides is 1. The second kappa shape index (κ2) is 5.79. The lowest BCUT2D eigenvalue weighted by Gasteiger charge is -2.26. The van der Waals surface area contributed by atoms with Gasteiger partial charge in [-0.3, -0.25) is 14.3 Å². The van der Waals surface area contributed by atoms with Crippen molar-refractivity contribution in [3.05, 3.63) is 54.4 Å². The third-order valence-corrected chi connectivity index (χ3v) is 3.60. The number of halogens is 2. The zero-order valence-electron chi connectivity index (χ0n) is 10.8. The fourth-order valence-corrected chi connectivity index (χ4v) is 2.46. The summed E-state index contributed by atoms with van der Waals surface area (Å²) < 4.78 is 3.31. The fraction of sp³-hybridized carbons (Fsp3) is 0.250. The normalized spacial score (nSPS) is 11.7. The Labute approximate surface area is 130 Å². The fourth-order valence-electron chi connectivity index (χ4n) is 2.00. The highest BCUT2D eigenvalue weighted by Crippen LogP contribution is 2.31. The zero-order chi connectivity index (χ0) is 14.7. The lowest BCUT2D eigenvalue weighted by atomic mass is 10.0. The molecule has 0 saturated carbocycles. The van der Waals surface area contributed by atoms with E-state index in [1.807, 2.05) is 0 Å². The van der Waals surface area contributed by atoms with E-state index in [0.29, 0.717) is 23.8 Å². The van der Waals surface area contributed by atoms with E-state index in [1.54, 1.807) is 40.3 Å². The molecule has 0 radical (unpaired) electrons. The number of aromatic nitrogens is 7. The third kappa shape index (κ3) is 3.20. The molecule has 0 atom stereocenters. The van der Waals surface area contributed by atoms with E-state index in [-0.39, 0.29) is 0 Å². The summed E-state index contributed by atoms with van der Waals surface area (Å²) in [7, 11) is 0. The molecule has 9 heteroatoms. The molecule has 0 bridgehead atoms. The summed E-state index contributed by atoms with van der Waals surface area (Å²) in [5, 5.41) is 8.75. The van der Waals surface area contributed by atoms with Crippen molar-refractivity contribution in [2.45, 2.75) is 18.0 Å². The van der Waals surface area contributed by atoms with Crippen LogP contribution in [0.5, 0.6) is 0 Å². The standard InChI is InChI=1S/C12H11Cl2N7/c13-10-1-2-11(17-3-10)12(14,4-20-8-15-6-18-20)5-21-9-16-7-19-21/h1-3,6-9H,4-5H2. The topological polar surface area (TPSA) is 74.3 Å². The summed E-state index contributed by atoms with van der Waals surface area (Å²) in [5.41, 5.74) is 0.680. The summed E-state index contributed by atoms with van der Waals surface area (Å²) in [5.74, 6) is 0. The Bertz CT molecular complexity index is 643. The van der Waals surface area contributed by atoms with Crippen LogP contribution in [0.4, 0.5) is 0 Å². The van der Waals surface area contributed by atoms with E-state index in [4.69, 9.17) is 23.2 Å². The van der Waals surface area contributed by atoms with E-state index in [0.717, 1.165) is 0 Å². The highest BCUT2D eigenvalue weighted by molar-refractivity contribution is 6.30. The van der Waals surface area contributed by atoms with Crippen molar-refractivity contribution in [1.29, 1.82) is 0 Å². The molecule has 21 heavy (non-hydrogen) atoms. The van der Waals surface area contributed by atoms with Gasteiger partial charge in [-0.15, -0.1) is 11.6 Å². The summed E-state index contributed by atoms with van der Waals surface area (Å²) in [6.45, 7) is 0.784. The SMILES string of the molecule is Clc1ccc(C(Cl)(Cn2cncn2)Cn2cncn2)nc1. The van der Waals surface area contributed by atoms with Gasteiger partial charge < -0.3 is 0 Å². The minimum atomic E-state index is -0.841. The molecule has 0 saturated heterocycles. The van der Waals surface area contributed by atoms with Gasteiger partial charge in [0.2, 0.25) is 0 Å². The van der Waals surface area contributed by atoms with Crippen LogP contribution in [0.15, 0.2) is 43.6 Å². The summed E-state index contributed by atoms with van der Waals surface area (Å²) in [4.78, 5) is 11.3. The van der Waals surface area contributed by atoms with Crippen LogP contribution in [0.3, 0.4) is 0 Å². The highest BCUT2D eigenvalue weighted by atomic mass is 35.5. The monoisotopic (exact) mass is 323 g/mol. The molecule has 0 aliphatic carbocycles. The molecular formula is C12H11Cl2N7. The summed E-state index contributed by atoms with van der Waals surface area (Å²) >= 11 is 12.7. The van der Waals surface area contributed by atoms with Crippen molar-refractivity contribution < 1.29 is 0 Å². The molecule has 0 fully saturated rings. The molecule has 3 aromatic heterocycles. The van der Waals surface area contributed by atoms with Crippen LogP contribution < -0.4 is 0 Å². The van der Waals surface area contributed by atoms with Crippen LogP contribution in [0.2, 0.25) is 5.02 Å². The average Bonchev–Trinajstić information content (AvgIpc) is 3.13. The van der Waals surface area contributed by atoms with Gasteiger partial charge in [-0.1, -0.05) is 11.6 Å². The maximum absolute atomic E-state index is 6.82. The van der Waals surface area contributed by atoms with Gasteiger partial charge in [0.1, 0.15) is 30.2 Å². The van der Waals surface area contributed by atoms with Crippen molar-refractivity contribution in [1.82, 2.24) is 34.5 Å². The third-order valence-electron chi connectivity index (χ3n) is 2.94. The Morgan fingerprint density at radius 2 is 1.62 bits per heavy atom. The number of rotatable bonds is 5. The molecule has 7 nitrogen and oxygen atoms in total. The van der Waals surface area contributed by atoms with E-state index in [9.17, 15) is 0 Å². The minimum Gasteiger partial charge on any atom is -0.258 e. The first-order chi connectivity index (χ1) is 10.2. The highest BCUT2D eigenvalue weighted by Gasteiger charge is 2.33. The Morgan fingerprint density at radius 1 is 1.00 bits per heavy atom. The molecule has 0 aliphatic rings. The van der Waals surface area contributed by atoms with Crippen LogP contribution in [0, 0.1) is 0 Å². The van der Waals surface area contributed by atoms with Gasteiger partial charge in [0.15, 0.2) is 0 Å². The van der Waals surface area contributed by atoms with Gasteiger partial charge >= 0.3 is 0 Å². The molecule has 108 valence electrons. The molecule has 0 N–H and O–H groups in total. The summed E-state index contributed by atoms with van der Waals surface area (Å²) in [6, 6.07) is 3.55. The van der Waals surface area contributed by atoms with Crippen LogP contribution in [-0.4, -0.2) is 34.5 Å². The molecule has 3 rings (SSSR count). The van der Waals surface area contributed by atoms with Gasteiger partial charge in [-0.25, -0.2) is 9.97 Å². The maximum Gasteiger partial charge on any atom is 0.137 e. The molecule has 3 heterocycles.